The highest BCUT2D eigenvalue weighted by Gasteiger charge is 2.49. The summed E-state index contributed by atoms with van der Waals surface area (Å²) in [6, 6.07) is 0. The Morgan fingerprint density at radius 3 is 2.14 bits per heavy atom. The van der Waals surface area contributed by atoms with Crippen molar-refractivity contribution in [3.05, 3.63) is 0 Å². The van der Waals surface area contributed by atoms with Crippen LogP contribution in [0.1, 0.15) is 25.7 Å². The number of hydrogen-bond donors (Lipinski definition) is 3. The molecule has 2 rings (SSSR count). The molecule has 0 spiro atoms. The lowest BCUT2D eigenvalue weighted by molar-refractivity contribution is -0.126. The van der Waals surface area contributed by atoms with Crippen LogP contribution in [-0.2, 0) is 23.8 Å². The number of alkyl carbamates (subject to hydrolysis) is 1. The van der Waals surface area contributed by atoms with Gasteiger partial charge < -0.3 is 24.8 Å². The maximum absolute atomic E-state index is 11.7. The lowest BCUT2D eigenvalue weighted by Crippen LogP contribution is -2.31. The molecule has 0 aromatic rings. The predicted octanol–water partition coefficient (Wildman–Crippen LogP) is 0.192. The maximum Gasteiger partial charge on any atom is 0.407 e. The number of ether oxygens (including phenoxy) is 3. The topological polar surface area (TPSA) is 121 Å². The molecule has 9 nitrogen and oxygen atoms in total. The van der Waals surface area contributed by atoms with Crippen molar-refractivity contribution >= 4 is 12.0 Å². The van der Waals surface area contributed by atoms with Gasteiger partial charge in [-0.25, -0.2) is 10.7 Å². The zero-order chi connectivity index (χ0) is 20.0. The van der Waals surface area contributed by atoms with Crippen LogP contribution in [0.15, 0.2) is 0 Å². The fourth-order valence-corrected chi connectivity index (χ4v) is 3.44. The second kappa shape index (κ2) is 13.3. The molecule has 2 aliphatic rings. The van der Waals surface area contributed by atoms with Crippen LogP contribution in [0.2, 0.25) is 0 Å². The zero-order valence-corrected chi connectivity index (χ0v) is 16.2. The van der Waals surface area contributed by atoms with Crippen LogP contribution in [0.3, 0.4) is 0 Å². The second-order valence-corrected chi connectivity index (χ2v) is 6.83. The maximum atomic E-state index is 11.7. The normalized spacial score (nSPS) is 22.7. The Bertz CT molecular complexity index is 530. The molecule has 9 heteroatoms. The van der Waals surface area contributed by atoms with Gasteiger partial charge >= 0.3 is 6.09 Å². The molecule has 2 amide bonds. The van der Waals surface area contributed by atoms with Crippen LogP contribution in [-0.4, -0.2) is 64.7 Å². The summed E-state index contributed by atoms with van der Waals surface area (Å²) in [7, 11) is 0. The third-order valence-electron chi connectivity index (χ3n) is 4.92. The number of carbonyl (C=O) groups is 2. The number of amides is 2. The Hall–Kier alpha value is -1.86. The summed E-state index contributed by atoms with van der Waals surface area (Å²) in [5.74, 6) is 12.7. The molecule has 158 valence electrons. The van der Waals surface area contributed by atoms with Crippen molar-refractivity contribution in [3.63, 3.8) is 0 Å². The highest BCUT2D eigenvalue weighted by Crippen LogP contribution is 2.52. The summed E-state index contributed by atoms with van der Waals surface area (Å²) in [6.07, 6.45) is 3.77. The van der Waals surface area contributed by atoms with Gasteiger partial charge in [0.1, 0.15) is 6.61 Å². The Morgan fingerprint density at radius 1 is 0.929 bits per heavy atom. The van der Waals surface area contributed by atoms with E-state index in [-0.39, 0.29) is 12.5 Å². The fourth-order valence-electron chi connectivity index (χ4n) is 3.44. The van der Waals surface area contributed by atoms with Crippen LogP contribution < -0.4 is 16.5 Å². The summed E-state index contributed by atoms with van der Waals surface area (Å²) >= 11 is 0. The van der Waals surface area contributed by atoms with E-state index in [4.69, 9.17) is 20.1 Å². The lowest BCUT2D eigenvalue weighted by Gasteiger charge is -2.08. The van der Waals surface area contributed by atoms with Crippen molar-refractivity contribution in [1.29, 1.82) is 0 Å². The van der Waals surface area contributed by atoms with E-state index in [0.29, 0.717) is 63.9 Å². The van der Waals surface area contributed by atoms with Crippen molar-refractivity contribution in [3.8, 4) is 11.8 Å². The van der Waals surface area contributed by atoms with Gasteiger partial charge in [-0.15, -0.1) is 11.8 Å². The highest BCUT2D eigenvalue weighted by molar-refractivity contribution is 5.77. The van der Waals surface area contributed by atoms with E-state index in [1.807, 2.05) is 0 Å². The van der Waals surface area contributed by atoms with Crippen molar-refractivity contribution in [1.82, 2.24) is 10.6 Å². The van der Waals surface area contributed by atoms with Crippen molar-refractivity contribution < 1.29 is 28.6 Å². The Balaban J connectivity index is 1.35. The highest BCUT2D eigenvalue weighted by atomic mass is 16.6. The van der Waals surface area contributed by atoms with Gasteiger partial charge in [-0.05, 0) is 30.6 Å². The molecule has 4 N–H and O–H groups in total. The summed E-state index contributed by atoms with van der Waals surface area (Å²) in [5.41, 5.74) is 0. The minimum Gasteiger partial charge on any atom is -0.449 e. The van der Waals surface area contributed by atoms with Crippen molar-refractivity contribution in [2.24, 2.45) is 23.7 Å². The Labute approximate surface area is 165 Å². The van der Waals surface area contributed by atoms with Gasteiger partial charge in [-0.1, -0.05) is 0 Å². The largest absolute Gasteiger partial charge is 0.449 e. The van der Waals surface area contributed by atoms with E-state index in [0.717, 1.165) is 25.7 Å². The summed E-state index contributed by atoms with van der Waals surface area (Å²) in [5, 5.41) is 5.26. The van der Waals surface area contributed by atoms with Gasteiger partial charge in [0.2, 0.25) is 5.91 Å². The number of nitrogens with two attached hydrogens (primary N) is 1. The summed E-state index contributed by atoms with van der Waals surface area (Å²) in [6.45, 7) is 2.66. The number of fused-ring (bicyclic) bond motifs is 1. The molecule has 0 aromatic carbocycles. The molecule has 0 saturated heterocycles. The van der Waals surface area contributed by atoms with E-state index in [2.05, 4.69) is 27.3 Å². The van der Waals surface area contributed by atoms with Gasteiger partial charge in [0, 0.05) is 25.9 Å². The van der Waals surface area contributed by atoms with E-state index < -0.39 is 6.09 Å². The first-order valence-electron chi connectivity index (χ1n) is 9.82. The summed E-state index contributed by atoms with van der Waals surface area (Å²) < 4.78 is 16.0. The first-order valence-corrected chi connectivity index (χ1v) is 9.82. The van der Waals surface area contributed by atoms with Gasteiger partial charge in [-0.3, -0.25) is 9.63 Å². The molecule has 2 unspecified atom stereocenters. The second-order valence-electron chi connectivity index (χ2n) is 6.83. The van der Waals surface area contributed by atoms with Gasteiger partial charge in [0.05, 0.1) is 33.0 Å². The van der Waals surface area contributed by atoms with Crippen molar-refractivity contribution in [2.45, 2.75) is 25.7 Å². The molecule has 0 aliphatic heterocycles. The van der Waals surface area contributed by atoms with E-state index in [1.54, 1.807) is 0 Å². The number of rotatable bonds is 13. The Morgan fingerprint density at radius 2 is 1.54 bits per heavy atom. The molecular weight excluding hydrogens is 366 g/mol. The van der Waals surface area contributed by atoms with Crippen LogP contribution in [0.5, 0.6) is 0 Å². The van der Waals surface area contributed by atoms with E-state index in [1.165, 1.54) is 0 Å². The average Bonchev–Trinajstić information content (AvgIpc) is 3.31. The predicted molar refractivity (Wildman–Crippen MR) is 101 cm³/mol. The molecule has 0 heterocycles. The van der Waals surface area contributed by atoms with Gasteiger partial charge in [0.25, 0.3) is 0 Å². The SMILES string of the molecule is NOCC(=O)NCCOCCOCCNC(=O)OCC1C2CCC#CCCC21. The average molecular weight is 397 g/mol. The molecule has 28 heavy (non-hydrogen) atoms. The van der Waals surface area contributed by atoms with Crippen molar-refractivity contribution in [2.75, 3.05) is 52.7 Å². The minimum absolute atomic E-state index is 0.171. The number of nitrogens with one attached hydrogen (secondary N) is 2. The third-order valence-corrected chi connectivity index (χ3v) is 4.92. The van der Waals surface area contributed by atoms with Gasteiger partial charge in [-0.2, -0.15) is 0 Å². The standard InChI is InChI=1S/C19H31N3O6/c20-28-14-18(23)21-7-9-25-11-12-26-10-8-22-19(24)27-13-17-15-5-3-1-2-4-6-16(15)17/h15-17H,3-14,20H2,(H,21,23)(H,22,24). The molecule has 0 radical (unpaired) electrons. The van der Waals surface area contributed by atoms with Crippen LogP contribution in [0.25, 0.3) is 0 Å². The number of carbonyl (C=O) groups excluding carboxylic acids is 2. The van der Waals surface area contributed by atoms with Crippen LogP contribution in [0, 0.1) is 29.6 Å². The fraction of sp³-hybridized carbons (Fsp3) is 0.789. The molecule has 1 saturated carbocycles. The molecule has 0 bridgehead atoms. The zero-order valence-electron chi connectivity index (χ0n) is 16.2. The molecular formula is C19H31N3O6. The lowest BCUT2D eigenvalue weighted by atomic mass is 10.1. The van der Waals surface area contributed by atoms with E-state index in [9.17, 15) is 9.59 Å². The quantitative estimate of drug-likeness (QED) is 0.230. The Kier molecular flexibility index (Phi) is 10.7. The monoisotopic (exact) mass is 397 g/mol. The molecule has 2 aliphatic carbocycles. The van der Waals surface area contributed by atoms with E-state index >= 15 is 0 Å². The first kappa shape index (κ1) is 22.4. The molecule has 0 aromatic heterocycles. The minimum atomic E-state index is -0.396. The smallest absolute Gasteiger partial charge is 0.407 e. The molecule has 2 atom stereocenters. The van der Waals surface area contributed by atoms with Crippen LogP contribution >= 0.6 is 0 Å². The summed E-state index contributed by atoms with van der Waals surface area (Å²) in [4.78, 5) is 27.0. The van der Waals surface area contributed by atoms with Gasteiger partial charge in [0.15, 0.2) is 0 Å². The number of hydrogen-bond acceptors (Lipinski definition) is 7. The third kappa shape index (κ3) is 8.89. The first-order chi connectivity index (χ1) is 13.7. The molecule has 1 fully saturated rings. The van der Waals surface area contributed by atoms with Crippen LogP contribution in [0.4, 0.5) is 4.79 Å².